The van der Waals surface area contributed by atoms with Gasteiger partial charge in [-0.2, -0.15) is 0 Å². The lowest BCUT2D eigenvalue weighted by molar-refractivity contribution is 0.716. The van der Waals surface area contributed by atoms with Gasteiger partial charge in [0.1, 0.15) is 11.5 Å². The standard InChI is InChI=1S/C14H13N3O2/c1-5-11-7-12(18)17(14(19)16(11)4)13-10(3)6-9(2)8-15-13/h1,6-8H,2-4H3. The number of rotatable bonds is 1. The Morgan fingerprint density at radius 1 is 1.26 bits per heavy atom. The molecule has 0 radical (unpaired) electrons. The van der Waals surface area contributed by atoms with Crippen LogP contribution in [0.25, 0.3) is 5.82 Å². The second-order valence-electron chi connectivity index (χ2n) is 4.34. The van der Waals surface area contributed by atoms with Crippen molar-refractivity contribution in [1.29, 1.82) is 0 Å². The molecule has 0 aromatic carbocycles. The molecule has 2 aromatic heterocycles. The molecule has 0 aliphatic carbocycles. The molecule has 2 rings (SSSR count). The van der Waals surface area contributed by atoms with E-state index in [0.717, 1.165) is 15.7 Å². The largest absolute Gasteiger partial charge is 0.337 e. The summed E-state index contributed by atoms with van der Waals surface area (Å²) in [5.74, 6) is 2.64. The SMILES string of the molecule is C#Cc1cc(=O)n(-c2ncc(C)cc2C)c(=O)n1C. The first kappa shape index (κ1) is 12.8. The normalized spacial score (nSPS) is 10.2. The summed E-state index contributed by atoms with van der Waals surface area (Å²) in [6, 6.07) is 3.12. The fraction of sp³-hybridized carbons (Fsp3) is 0.214. The lowest BCUT2D eigenvalue weighted by Crippen LogP contribution is -2.39. The minimum atomic E-state index is -0.500. The summed E-state index contributed by atoms with van der Waals surface area (Å²) in [6.07, 6.45) is 6.87. The highest BCUT2D eigenvalue weighted by Crippen LogP contribution is 2.08. The summed E-state index contributed by atoms with van der Waals surface area (Å²) in [4.78, 5) is 28.4. The van der Waals surface area contributed by atoms with Crippen molar-refractivity contribution in [3.05, 3.63) is 56.0 Å². The third-order valence-corrected chi connectivity index (χ3v) is 2.87. The van der Waals surface area contributed by atoms with Gasteiger partial charge < -0.3 is 0 Å². The maximum Gasteiger partial charge on any atom is 0.337 e. The summed E-state index contributed by atoms with van der Waals surface area (Å²) < 4.78 is 2.28. The van der Waals surface area contributed by atoms with E-state index in [0.29, 0.717) is 5.82 Å². The van der Waals surface area contributed by atoms with Gasteiger partial charge in [-0.3, -0.25) is 9.36 Å². The minimum absolute atomic E-state index is 0.246. The van der Waals surface area contributed by atoms with Crippen molar-refractivity contribution in [2.45, 2.75) is 13.8 Å². The van der Waals surface area contributed by atoms with Gasteiger partial charge in [-0.25, -0.2) is 14.3 Å². The van der Waals surface area contributed by atoms with Crippen LogP contribution in [-0.2, 0) is 7.05 Å². The van der Waals surface area contributed by atoms with E-state index < -0.39 is 11.2 Å². The van der Waals surface area contributed by atoms with Crippen molar-refractivity contribution in [3.63, 3.8) is 0 Å². The van der Waals surface area contributed by atoms with Crippen LogP contribution >= 0.6 is 0 Å². The van der Waals surface area contributed by atoms with E-state index in [1.807, 2.05) is 13.0 Å². The van der Waals surface area contributed by atoms with E-state index in [4.69, 9.17) is 6.42 Å². The Bertz CT molecular complexity index is 807. The molecule has 96 valence electrons. The summed E-state index contributed by atoms with van der Waals surface area (Å²) in [6.45, 7) is 3.70. The lowest BCUT2D eigenvalue weighted by Gasteiger charge is -2.10. The van der Waals surface area contributed by atoms with E-state index in [-0.39, 0.29) is 5.69 Å². The molecular formula is C14H13N3O2. The van der Waals surface area contributed by atoms with Crippen LogP contribution in [-0.4, -0.2) is 14.1 Å². The Balaban J connectivity index is 2.85. The molecule has 5 heteroatoms. The molecule has 0 saturated heterocycles. The van der Waals surface area contributed by atoms with Gasteiger partial charge in [-0.05, 0) is 25.0 Å². The van der Waals surface area contributed by atoms with Gasteiger partial charge in [-0.15, -0.1) is 6.42 Å². The number of nitrogens with zero attached hydrogens (tertiary/aromatic N) is 3. The summed E-state index contributed by atoms with van der Waals surface area (Å²) in [5, 5.41) is 0. The number of hydrogen-bond acceptors (Lipinski definition) is 3. The smallest absolute Gasteiger partial charge is 0.289 e. The number of aromatic nitrogens is 3. The van der Waals surface area contributed by atoms with Crippen LogP contribution in [0, 0.1) is 26.2 Å². The Kier molecular flexibility index (Phi) is 3.09. The van der Waals surface area contributed by atoms with Crippen molar-refractivity contribution in [2.24, 2.45) is 7.05 Å². The van der Waals surface area contributed by atoms with Gasteiger partial charge in [0.05, 0.1) is 0 Å². The Morgan fingerprint density at radius 3 is 2.53 bits per heavy atom. The molecule has 0 amide bonds. The van der Waals surface area contributed by atoms with Gasteiger partial charge in [-0.1, -0.05) is 12.0 Å². The Morgan fingerprint density at radius 2 is 1.95 bits per heavy atom. The molecule has 0 spiro atoms. The zero-order chi connectivity index (χ0) is 14.2. The molecule has 2 aromatic rings. The van der Waals surface area contributed by atoms with E-state index >= 15 is 0 Å². The predicted octanol–water partition coefficient (Wildman–Crippen LogP) is 0.529. The maximum absolute atomic E-state index is 12.2. The van der Waals surface area contributed by atoms with Crippen LogP contribution in [0.3, 0.4) is 0 Å². The summed E-state index contributed by atoms with van der Waals surface area (Å²) in [7, 11) is 1.52. The first-order valence-corrected chi connectivity index (χ1v) is 5.69. The molecule has 2 heterocycles. The molecule has 0 fully saturated rings. The van der Waals surface area contributed by atoms with Crippen LogP contribution in [0.2, 0.25) is 0 Å². The minimum Gasteiger partial charge on any atom is -0.289 e. The first-order valence-electron chi connectivity index (χ1n) is 5.69. The van der Waals surface area contributed by atoms with Crippen LogP contribution in [0.15, 0.2) is 27.9 Å². The monoisotopic (exact) mass is 255 g/mol. The van der Waals surface area contributed by atoms with Gasteiger partial charge in [0, 0.05) is 19.3 Å². The van der Waals surface area contributed by atoms with Crippen molar-refractivity contribution >= 4 is 0 Å². The highest BCUT2D eigenvalue weighted by Gasteiger charge is 2.12. The first-order chi connectivity index (χ1) is 8.95. The molecule has 5 nitrogen and oxygen atoms in total. The molecule has 0 aliphatic rings. The third-order valence-electron chi connectivity index (χ3n) is 2.87. The summed E-state index contributed by atoms with van der Waals surface area (Å²) in [5.41, 5.74) is 0.991. The van der Waals surface area contributed by atoms with Crippen molar-refractivity contribution < 1.29 is 0 Å². The van der Waals surface area contributed by atoms with Crippen LogP contribution < -0.4 is 11.2 Å². The lowest BCUT2D eigenvalue weighted by atomic mass is 10.2. The van der Waals surface area contributed by atoms with Crippen molar-refractivity contribution in [1.82, 2.24) is 14.1 Å². The van der Waals surface area contributed by atoms with Crippen molar-refractivity contribution in [2.75, 3.05) is 0 Å². The second kappa shape index (κ2) is 4.58. The van der Waals surface area contributed by atoms with E-state index in [9.17, 15) is 9.59 Å². The number of hydrogen-bond donors (Lipinski definition) is 0. The molecule has 0 N–H and O–H groups in total. The van der Waals surface area contributed by atoms with Crippen LogP contribution in [0.1, 0.15) is 16.8 Å². The Hall–Kier alpha value is -2.61. The molecule has 0 aliphatic heterocycles. The van der Waals surface area contributed by atoms with Gasteiger partial charge in [0.2, 0.25) is 0 Å². The molecule has 0 bridgehead atoms. The average Bonchev–Trinajstić information content (AvgIpc) is 2.36. The zero-order valence-corrected chi connectivity index (χ0v) is 11.0. The zero-order valence-electron chi connectivity index (χ0n) is 11.0. The third kappa shape index (κ3) is 2.08. The van der Waals surface area contributed by atoms with Gasteiger partial charge >= 0.3 is 5.69 Å². The molecule has 0 unspecified atom stereocenters. The summed E-state index contributed by atoms with van der Waals surface area (Å²) >= 11 is 0. The van der Waals surface area contributed by atoms with Gasteiger partial charge in [0.15, 0.2) is 0 Å². The van der Waals surface area contributed by atoms with E-state index in [2.05, 4.69) is 10.9 Å². The van der Waals surface area contributed by atoms with Gasteiger partial charge in [0.25, 0.3) is 5.56 Å². The second-order valence-corrected chi connectivity index (χ2v) is 4.34. The number of terminal acetylenes is 1. The van der Waals surface area contributed by atoms with Crippen LogP contribution in [0.5, 0.6) is 0 Å². The van der Waals surface area contributed by atoms with E-state index in [1.165, 1.54) is 17.7 Å². The fourth-order valence-electron chi connectivity index (χ4n) is 1.90. The maximum atomic E-state index is 12.2. The average molecular weight is 255 g/mol. The fourth-order valence-corrected chi connectivity index (χ4v) is 1.90. The van der Waals surface area contributed by atoms with E-state index in [1.54, 1.807) is 13.1 Å². The number of aryl methyl sites for hydroxylation is 2. The Labute approximate surface area is 110 Å². The number of pyridine rings is 1. The molecule has 0 atom stereocenters. The van der Waals surface area contributed by atoms with Crippen LogP contribution in [0.4, 0.5) is 0 Å². The van der Waals surface area contributed by atoms with Crippen molar-refractivity contribution in [3.8, 4) is 18.2 Å². The quantitative estimate of drug-likeness (QED) is 0.698. The topological polar surface area (TPSA) is 56.9 Å². The molecule has 19 heavy (non-hydrogen) atoms. The predicted molar refractivity (Wildman–Crippen MR) is 72.5 cm³/mol. The highest BCUT2D eigenvalue weighted by molar-refractivity contribution is 5.36. The highest BCUT2D eigenvalue weighted by atomic mass is 16.2. The molecular weight excluding hydrogens is 242 g/mol. The molecule has 0 saturated carbocycles.